The van der Waals surface area contributed by atoms with Crippen LogP contribution in [0.15, 0.2) is 23.6 Å². The lowest BCUT2D eigenvalue weighted by Crippen LogP contribution is -2.21. The summed E-state index contributed by atoms with van der Waals surface area (Å²) in [6, 6.07) is 5.60. The highest BCUT2D eigenvalue weighted by Crippen LogP contribution is 2.48. The van der Waals surface area contributed by atoms with Crippen molar-refractivity contribution in [1.29, 1.82) is 5.26 Å². The lowest BCUT2D eigenvalue weighted by molar-refractivity contribution is 0.174. The van der Waals surface area contributed by atoms with Gasteiger partial charge in [0, 0.05) is 16.8 Å². The zero-order valence-electron chi connectivity index (χ0n) is 12.7. The third kappa shape index (κ3) is 2.00. The quantitative estimate of drug-likeness (QED) is 0.867. The third-order valence-corrected chi connectivity index (χ3v) is 4.50. The number of nitrogens with two attached hydrogens (primary N) is 1. The van der Waals surface area contributed by atoms with E-state index in [1.807, 2.05) is 6.92 Å². The van der Waals surface area contributed by atoms with Gasteiger partial charge in [0.05, 0.1) is 11.5 Å². The number of hydrogen-bond donors (Lipinski definition) is 2. The largest absolute Gasteiger partial charge is 0.454 e. The van der Waals surface area contributed by atoms with Crippen LogP contribution in [0.1, 0.15) is 29.7 Å². The highest BCUT2D eigenvalue weighted by Gasteiger charge is 2.36. The molecule has 24 heavy (non-hydrogen) atoms. The summed E-state index contributed by atoms with van der Waals surface area (Å²) in [6.07, 6.45) is 0.697. The molecule has 0 bridgehead atoms. The van der Waals surface area contributed by atoms with E-state index in [1.54, 1.807) is 12.1 Å². The molecule has 3 heterocycles. The zero-order chi connectivity index (χ0) is 16.8. The van der Waals surface area contributed by atoms with E-state index < -0.39 is 5.92 Å². The Hall–Kier alpha value is -2.85. The molecule has 0 radical (unpaired) electrons. The number of nitrogens with zero attached hydrogens (tertiary/aromatic N) is 2. The van der Waals surface area contributed by atoms with Gasteiger partial charge in [0.15, 0.2) is 11.5 Å². The number of nitrogens with one attached hydrogen (secondary N) is 1. The summed E-state index contributed by atoms with van der Waals surface area (Å²) in [7, 11) is 0. The van der Waals surface area contributed by atoms with E-state index in [-0.39, 0.29) is 12.7 Å². The smallest absolute Gasteiger partial charge is 0.244 e. The molecule has 0 saturated carbocycles. The molecule has 8 heteroatoms. The van der Waals surface area contributed by atoms with E-state index in [1.165, 1.54) is 0 Å². The van der Waals surface area contributed by atoms with Crippen LogP contribution in [0.25, 0.3) is 0 Å². The molecule has 2 aliphatic heterocycles. The van der Waals surface area contributed by atoms with Crippen LogP contribution in [-0.2, 0) is 6.42 Å². The van der Waals surface area contributed by atoms with E-state index in [0.29, 0.717) is 40.0 Å². The Balaban J connectivity index is 1.96. The minimum atomic E-state index is -0.477. The molecule has 0 fully saturated rings. The minimum Gasteiger partial charge on any atom is -0.454 e. The molecule has 1 aromatic heterocycles. The van der Waals surface area contributed by atoms with Crippen molar-refractivity contribution in [3.05, 3.63) is 45.4 Å². The molecule has 4 rings (SSSR count). The molecule has 7 nitrogen and oxygen atoms in total. The first-order chi connectivity index (χ1) is 11.6. The molecule has 0 spiro atoms. The third-order valence-electron chi connectivity index (χ3n) is 4.17. The van der Waals surface area contributed by atoms with Crippen molar-refractivity contribution in [2.24, 2.45) is 5.73 Å². The van der Waals surface area contributed by atoms with Crippen LogP contribution in [0, 0.1) is 11.3 Å². The van der Waals surface area contributed by atoms with Gasteiger partial charge in [-0.05, 0) is 18.1 Å². The molecular formula is C16H13ClN4O3. The number of aromatic amines is 1. The van der Waals surface area contributed by atoms with E-state index in [9.17, 15) is 5.26 Å². The maximum Gasteiger partial charge on any atom is 0.244 e. The highest BCUT2D eigenvalue weighted by molar-refractivity contribution is 6.31. The molecule has 2 aliphatic rings. The Morgan fingerprint density at radius 1 is 1.42 bits per heavy atom. The first kappa shape index (κ1) is 14.7. The fourth-order valence-electron chi connectivity index (χ4n) is 3.04. The number of aryl methyl sites for hydroxylation is 1. The summed E-state index contributed by atoms with van der Waals surface area (Å²) in [4.78, 5) is 0. The van der Waals surface area contributed by atoms with E-state index in [2.05, 4.69) is 16.3 Å². The van der Waals surface area contributed by atoms with Gasteiger partial charge in [-0.25, -0.2) is 0 Å². The fraction of sp³-hybridized carbons (Fsp3) is 0.250. The van der Waals surface area contributed by atoms with Crippen molar-refractivity contribution in [2.75, 3.05) is 6.79 Å². The standard InChI is InChI=1S/C16H13ClN4O3/c1-2-10-14-13(8(5-18)15(19)24-16(14)21-20-10)7-3-11-12(4-9(7)17)23-6-22-11/h3-4,13H,2,6,19H2,1H3,(H,20,21)/t13-/m1/s1. The van der Waals surface area contributed by atoms with Gasteiger partial charge in [-0.1, -0.05) is 18.5 Å². The highest BCUT2D eigenvalue weighted by atomic mass is 35.5. The average molecular weight is 345 g/mol. The number of allylic oxidation sites excluding steroid dienone is 1. The second-order valence-corrected chi connectivity index (χ2v) is 5.83. The number of nitriles is 1. The second kappa shape index (κ2) is 5.35. The molecule has 0 saturated heterocycles. The van der Waals surface area contributed by atoms with Gasteiger partial charge < -0.3 is 19.9 Å². The van der Waals surface area contributed by atoms with Gasteiger partial charge in [-0.15, -0.1) is 5.10 Å². The fourth-order valence-corrected chi connectivity index (χ4v) is 3.31. The lowest BCUT2D eigenvalue weighted by atomic mass is 9.83. The molecule has 122 valence electrons. The molecule has 0 aliphatic carbocycles. The first-order valence-corrected chi connectivity index (χ1v) is 7.75. The predicted octanol–water partition coefficient (Wildman–Crippen LogP) is 2.57. The van der Waals surface area contributed by atoms with Crippen molar-refractivity contribution in [1.82, 2.24) is 10.2 Å². The summed E-state index contributed by atoms with van der Waals surface area (Å²) in [5, 5.41) is 17.2. The van der Waals surface area contributed by atoms with E-state index in [4.69, 9.17) is 31.5 Å². The monoisotopic (exact) mass is 344 g/mol. The molecular weight excluding hydrogens is 332 g/mol. The van der Waals surface area contributed by atoms with Crippen LogP contribution in [0.5, 0.6) is 17.4 Å². The van der Waals surface area contributed by atoms with Crippen LogP contribution < -0.4 is 19.9 Å². The van der Waals surface area contributed by atoms with Crippen molar-refractivity contribution in [3.63, 3.8) is 0 Å². The number of rotatable bonds is 2. The normalized spacial score (nSPS) is 18.1. The Morgan fingerprint density at radius 2 is 2.17 bits per heavy atom. The predicted molar refractivity (Wildman–Crippen MR) is 84.8 cm³/mol. The summed E-state index contributed by atoms with van der Waals surface area (Å²) in [5.74, 6) is 1.07. The summed E-state index contributed by atoms with van der Waals surface area (Å²) in [5.41, 5.74) is 8.55. The molecule has 1 atom stereocenters. The number of halogens is 1. The number of H-pyrrole nitrogens is 1. The SMILES string of the molecule is CCc1[nH]nc2c1[C@H](c1cc3c(cc1Cl)OCO3)C(C#N)=C(N)O2. The number of fused-ring (bicyclic) bond motifs is 2. The van der Waals surface area contributed by atoms with Gasteiger partial charge in [0.25, 0.3) is 0 Å². The summed E-state index contributed by atoms with van der Waals surface area (Å²) in [6.45, 7) is 2.13. The van der Waals surface area contributed by atoms with Crippen molar-refractivity contribution in [2.45, 2.75) is 19.3 Å². The van der Waals surface area contributed by atoms with Gasteiger partial charge in [-0.2, -0.15) is 5.26 Å². The van der Waals surface area contributed by atoms with E-state index in [0.717, 1.165) is 11.3 Å². The Labute approximate surface area is 142 Å². The Bertz CT molecular complexity index is 913. The van der Waals surface area contributed by atoms with Crippen LogP contribution in [0.2, 0.25) is 5.02 Å². The lowest BCUT2D eigenvalue weighted by Gasteiger charge is -2.24. The molecule has 3 N–H and O–H groups in total. The Kier molecular flexibility index (Phi) is 3.28. The van der Waals surface area contributed by atoms with Gasteiger partial charge in [0.1, 0.15) is 11.6 Å². The van der Waals surface area contributed by atoms with Crippen LogP contribution in [0.4, 0.5) is 0 Å². The zero-order valence-corrected chi connectivity index (χ0v) is 13.5. The maximum atomic E-state index is 9.61. The van der Waals surface area contributed by atoms with Gasteiger partial charge >= 0.3 is 0 Å². The van der Waals surface area contributed by atoms with Gasteiger partial charge in [0.2, 0.25) is 18.6 Å². The first-order valence-electron chi connectivity index (χ1n) is 7.37. The van der Waals surface area contributed by atoms with E-state index >= 15 is 0 Å². The molecule has 2 aromatic rings. The minimum absolute atomic E-state index is 0.0258. The van der Waals surface area contributed by atoms with Crippen LogP contribution >= 0.6 is 11.6 Å². The average Bonchev–Trinajstić information content (AvgIpc) is 3.18. The van der Waals surface area contributed by atoms with Crippen LogP contribution in [0.3, 0.4) is 0 Å². The molecule has 1 aromatic carbocycles. The Morgan fingerprint density at radius 3 is 2.88 bits per heavy atom. The van der Waals surface area contributed by atoms with Gasteiger partial charge in [-0.3, -0.25) is 5.10 Å². The molecule has 0 unspecified atom stereocenters. The molecule has 0 amide bonds. The van der Waals surface area contributed by atoms with Crippen molar-refractivity contribution >= 4 is 11.6 Å². The number of benzene rings is 1. The number of ether oxygens (including phenoxy) is 3. The summed E-state index contributed by atoms with van der Waals surface area (Å²) >= 11 is 6.46. The maximum absolute atomic E-state index is 9.61. The van der Waals surface area contributed by atoms with Crippen molar-refractivity contribution in [3.8, 4) is 23.4 Å². The second-order valence-electron chi connectivity index (χ2n) is 5.43. The van der Waals surface area contributed by atoms with Crippen LogP contribution in [-0.4, -0.2) is 17.0 Å². The summed E-state index contributed by atoms with van der Waals surface area (Å²) < 4.78 is 16.3. The number of aromatic nitrogens is 2. The number of hydrogen-bond acceptors (Lipinski definition) is 6. The van der Waals surface area contributed by atoms with Crippen molar-refractivity contribution < 1.29 is 14.2 Å². The topological polar surface area (TPSA) is 106 Å².